The molecule has 1 aromatic rings. The molecule has 21 heavy (non-hydrogen) atoms. The molecule has 1 aliphatic rings. The highest BCUT2D eigenvalue weighted by Crippen LogP contribution is 2.27. The molecule has 114 valence electrons. The maximum Gasteiger partial charge on any atom is 0.239 e. The van der Waals surface area contributed by atoms with Crippen LogP contribution >= 0.6 is 11.6 Å². The van der Waals surface area contributed by atoms with Crippen LogP contribution in [0.2, 0.25) is 5.02 Å². The molecule has 0 N–H and O–H groups in total. The van der Waals surface area contributed by atoms with Crippen LogP contribution in [0.4, 0.5) is 5.69 Å². The third-order valence-corrected chi connectivity index (χ3v) is 4.12. The SMILES string of the molecule is CCCCN(C)C(=O)[C@H]1CCN(c2ccc(Cl)cc2)C1=O. The number of nitrogens with zero attached hydrogens (tertiary/aromatic N) is 2. The van der Waals surface area contributed by atoms with Crippen LogP contribution in [0.5, 0.6) is 0 Å². The number of carbonyl (C=O) groups excluding carboxylic acids is 2. The number of halogens is 1. The van der Waals surface area contributed by atoms with Gasteiger partial charge in [-0.2, -0.15) is 0 Å². The van der Waals surface area contributed by atoms with E-state index in [2.05, 4.69) is 6.92 Å². The molecule has 0 aromatic heterocycles. The Hall–Kier alpha value is -1.55. The molecule has 0 unspecified atom stereocenters. The lowest BCUT2D eigenvalue weighted by Crippen LogP contribution is -2.38. The fourth-order valence-corrected chi connectivity index (χ4v) is 2.68. The van der Waals surface area contributed by atoms with E-state index in [0.717, 1.165) is 18.5 Å². The average molecular weight is 309 g/mol. The van der Waals surface area contributed by atoms with Crippen molar-refractivity contribution in [3.05, 3.63) is 29.3 Å². The number of carbonyl (C=O) groups is 2. The minimum Gasteiger partial charge on any atom is -0.345 e. The second kappa shape index (κ2) is 6.94. The van der Waals surface area contributed by atoms with Crippen molar-refractivity contribution in [1.82, 2.24) is 4.90 Å². The van der Waals surface area contributed by atoms with Gasteiger partial charge in [0.2, 0.25) is 11.8 Å². The van der Waals surface area contributed by atoms with Crippen molar-refractivity contribution in [1.29, 1.82) is 0 Å². The Kier molecular flexibility index (Phi) is 5.23. The molecule has 1 atom stereocenters. The van der Waals surface area contributed by atoms with E-state index in [1.54, 1.807) is 29.0 Å². The Morgan fingerprint density at radius 3 is 2.67 bits per heavy atom. The lowest BCUT2D eigenvalue weighted by atomic mass is 10.1. The van der Waals surface area contributed by atoms with Gasteiger partial charge in [-0.3, -0.25) is 9.59 Å². The van der Waals surface area contributed by atoms with Crippen molar-refractivity contribution < 1.29 is 9.59 Å². The molecule has 0 saturated carbocycles. The van der Waals surface area contributed by atoms with Crippen LogP contribution < -0.4 is 4.90 Å². The van der Waals surface area contributed by atoms with Gasteiger partial charge in [0.25, 0.3) is 0 Å². The minimum atomic E-state index is -0.539. The molecular formula is C16H21ClN2O2. The summed E-state index contributed by atoms with van der Waals surface area (Å²) in [5, 5.41) is 0.636. The molecule has 1 fully saturated rings. The van der Waals surface area contributed by atoms with Crippen LogP contribution in [0.1, 0.15) is 26.2 Å². The number of anilines is 1. The predicted octanol–water partition coefficient (Wildman–Crippen LogP) is 2.95. The van der Waals surface area contributed by atoms with Crippen molar-refractivity contribution in [2.75, 3.05) is 25.0 Å². The molecule has 0 aliphatic carbocycles. The lowest BCUT2D eigenvalue weighted by Gasteiger charge is -2.21. The first-order chi connectivity index (χ1) is 10.0. The van der Waals surface area contributed by atoms with Gasteiger partial charge < -0.3 is 9.80 Å². The summed E-state index contributed by atoms with van der Waals surface area (Å²) in [4.78, 5) is 28.2. The molecule has 2 rings (SSSR count). The molecule has 2 amide bonds. The van der Waals surface area contributed by atoms with E-state index >= 15 is 0 Å². The number of hydrogen-bond acceptors (Lipinski definition) is 2. The smallest absolute Gasteiger partial charge is 0.239 e. The first-order valence-electron chi connectivity index (χ1n) is 7.36. The van der Waals surface area contributed by atoms with Crippen LogP contribution in [0.3, 0.4) is 0 Å². The fraction of sp³-hybridized carbons (Fsp3) is 0.500. The summed E-state index contributed by atoms with van der Waals surface area (Å²) in [6.45, 7) is 3.37. The molecule has 4 nitrogen and oxygen atoms in total. The third kappa shape index (κ3) is 3.56. The number of benzene rings is 1. The zero-order chi connectivity index (χ0) is 15.4. The molecule has 1 heterocycles. The van der Waals surface area contributed by atoms with E-state index in [4.69, 9.17) is 11.6 Å². The Morgan fingerprint density at radius 2 is 2.05 bits per heavy atom. The summed E-state index contributed by atoms with van der Waals surface area (Å²) in [6, 6.07) is 7.14. The lowest BCUT2D eigenvalue weighted by molar-refractivity contribution is -0.138. The fourth-order valence-electron chi connectivity index (χ4n) is 2.56. The van der Waals surface area contributed by atoms with E-state index in [1.807, 2.05) is 12.1 Å². The van der Waals surface area contributed by atoms with Gasteiger partial charge in [0.15, 0.2) is 0 Å². The number of unbranched alkanes of at least 4 members (excludes halogenated alkanes) is 1. The van der Waals surface area contributed by atoms with Crippen molar-refractivity contribution >= 4 is 29.1 Å². The monoisotopic (exact) mass is 308 g/mol. The summed E-state index contributed by atoms with van der Waals surface area (Å²) in [6.07, 6.45) is 2.58. The van der Waals surface area contributed by atoms with E-state index in [0.29, 0.717) is 24.5 Å². The zero-order valence-electron chi connectivity index (χ0n) is 12.5. The van der Waals surface area contributed by atoms with Gasteiger partial charge in [0, 0.05) is 30.8 Å². The average Bonchev–Trinajstić information content (AvgIpc) is 2.86. The van der Waals surface area contributed by atoms with Gasteiger partial charge in [-0.05, 0) is 37.1 Å². The first-order valence-corrected chi connectivity index (χ1v) is 7.74. The Morgan fingerprint density at radius 1 is 1.38 bits per heavy atom. The molecule has 1 aliphatic heterocycles. The van der Waals surface area contributed by atoms with Gasteiger partial charge >= 0.3 is 0 Å². The van der Waals surface area contributed by atoms with Crippen molar-refractivity contribution in [2.45, 2.75) is 26.2 Å². The normalized spacial score (nSPS) is 18.1. The summed E-state index contributed by atoms with van der Waals surface area (Å²) < 4.78 is 0. The molecule has 1 aromatic carbocycles. The van der Waals surface area contributed by atoms with E-state index in [9.17, 15) is 9.59 Å². The van der Waals surface area contributed by atoms with Crippen LogP contribution in [-0.2, 0) is 9.59 Å². The van der Waals surface area contributed by atoms with Gasteiger partial charge in [0.05, 0.1) is 0 Å². The van der Waals surface area contributed by atoms with Gasteiger partial charge in [-0.1, -0.05) is 24.9 Å². The summed E-state index contributed by atoms with van der Waals surface area (Å²) in [7, 11) is 1.77. The Labute approximate surface area is 130 Å². The van der Waals surface area contributed by atoms with Gasteiger partial charge in [-0.15, -0.1) is 0 Å². The summed E-state index contributed by atoms with van der Waals surface area (Å²) >= 11 is 5.86. The number of amides is 2. The Bertz CT molecular complexity index is 516. The van der Waals surface area contributed by atoms with Crippen LogP contribution in [0.15, 0.2) is 24.3 Å². The molecule has 0 bridgehead atoms. The maximum absolute atomic E-state index is 12.5. The standard InChI is InChI=1S/C16H21ClN2O2/c1-3-4-10-18(2)15(20)14-9-11-19(16(14)21)13-7-5-12(17)6-8-13/h5-8,14H,3-4,9-11H2,1-2H3/t14-/m1/s1. The molecule has 5 heteroatoms. The van der Waals surface area contributed by atoms with Crippen LogP contribution in [-0.4, -0.2) is 36.9 Å². The second-order valence-corrected chi connectivity index (χ2v) is 5.86. The van der Waals surface area contributed by atoms with E-state index in [1.165, 1.54) is 0 Å². The van der Waals surface area contributed by atoms with Crippen LogP contribution in [0, 0.1) is 5.92 Å². The summed E-state index contributed by atoms with van der Waals surface area (Å²) in [5.74, 6) is -0.710. The quantitative estimate of drug-likeness (QED) is 0.785. The molecule has 1 saturated heterocycles. The minimum absolute atomic E-state index is 0.0649. The highest BCUT2D eigenvalue weighted by atomic mass is 35.5. The third-order valence-electron chi connectivity index (χ3n) is 3.87. The van der Waals surface area contributed by atoms with Gasteiger partial charge in [-0.25, -0.2) is 0 Å². The van der Waals surface area contributed by atoms with Crippen molar-refractivity contribution in [3.8, 4) is 0 Å². The Balaban J connectivity index is 2.04. The predicted molar refractivity (Wildman–Crippen MR) is 84.5 cm³/mol. The zero-order valence-corrected chi connectivity index (χ0v) is 13.3. The second-order valence-electron chi connectivity index (χ2n) is 5.42. The summed E-state index contributed by atoms with van der Waals surface area (Å²) in [5.41, 5.74) is 0.802. The number of rotatable bonds is 5. The van der Waals surface area contributed by atoms with Crippen molar-refractivity contribution in [3.63, 3.8) is 0 Å². The van der Waals surface area contributed by atoms with Crippen LogP contribution in [0.25, 0.3) is 0 Å². The van der Waals surface area contributed by atoms with E-state index < -0.39 is 5.92 Å². The largest absolute Gasteiger partial charge is 0.345 e. The molecule has 0 spiro atoms. The first kappa shape index (κ1) is 15.8. The topological polar surface area (TPSA) is 40.6 Å². The maximum atomic E-state index is 12.5. The highest BCUT2D eigenvalue weighted by molar-refractivity contribution is 6.30. The van der Waals surface area contributed by atoms with E-state index in [-0.39, 0.29) is 11.8 Å². The van der Waals surface area contributed by atoms with Crippen molar-refractivity contribution in [2.24, 2.45) is 5.92 Å². The molecular weight excluding hydrogens is 288 g/mol. The van der Waals surface area contributed by atoms with Gasteiger partial charge in [0.1, 0.15) is 5.92 Å². The number of hydrogen-bond donors (Lipinski definition) is 0. The highest BCUT2D eigenvalue weighted by Gasteiger charge is 2.38. The molecule has 0 radical (unpaired) electrons.